The number of hydrogen-bond acceptors (Lipinski definition) is 3. The third-order valence-electron chi connectivity index (χ3n) is 2.33. The second kappa shape index (κ2) is 6.02. The highest BCUT2D eigenvalue weighted by molar-refractivity contribution is 7.98. The molecule has 0 bridgehead atoms. The van der Waals surface area contributed by atoms with Crippen LogP contribution in [0.25, 0.3) is 0 Å². The highest BCUT2D eigenvalue weighted by atomic mass is 32.2. The van der Waals surface area contributed by atoms with Crippen LogP contribution in [0.1, 0.15) is 11.5 Å². The van der Waals surface area contributed by atoms with Gasteiger partial charge in [-0.3, -0.25) is 0 Å². The van der Waals surface area contributed by atoms with Crippen LogP contribution >= 0.6 is 11.8 Å². The van der Waals surface area contributed by atoms with Gasteiger partial charge in [-0.25, -0.2) is 8.78 Å². The zero-order valence-electron chi connectivity index (χ0n) is 9.87. The van der Waals surface area contributed by atoms with Crippen LogP contribution < -0.4 is 5.32 Å². The van der Waals surface area contributed by atoms with Gasteiger partial charge in [0.2, 0.25) is 0 Å². The van der Waals surface area contributed by atoms with Crippen molar-refractivity contribution in [1.29, 1.82) is 0 Å². The van der Waals surface area contributed by atoms with E-state index in [0.717, 1.165) is 23.7 Å². The van der Waals surface area contributed by atoms with E-state index >= 15 is 0 Å². The van der Waals surface area contributed by atoms with Gasteiger partial charge in [-0.2, -0.15) is 0 Å². The van der Waals surface area contributed by atoms with Gasteiger partial charge in [0.25, 0.3) is 0 Å². The summed E-state index contributed by atoms with van der Waals surface area (Å²) in [5.74, 6) is 1.20. The lowest BCUT2D eigenvalue weighted by Crippen LogP contribution is -2.03. The van der Waals surface area contributed by atoms with Crippen LogP contribution in [0.15, 0.2) is 39.6 Å². The van der Waals surface area contributed by atoms with Crippen molar-refractivity contribution in [1.82, 2.24) is 5.32 Å². The van der Waals surface area contributed by atoms with Crippen LogP contribution in [0.2, 0.25) is 0 Å². The van der Waals surface area contributed by atoms with Crippen molar-refractivity contribution in [3.63, 3.8) is 0 Å². The first kappa shape index (κ1) is 13.1. The molecule has 2 nitrogen and oxygen atoms in total. The van der Waals surface area contributed by atoms with E-state index < -0.39 is 11.6 Å². The number of hydrogen-bond donors (Lipinski definition) is 1. The fourth-order valence-electron chi connectivity index (χ4n) is 1.51. The summed E-state index contributed by atoms with van der Waals surface area (Å²) in [5, 5.41) is 2.98. The van der Waals surface area contributed by atoms with Gasteiger partial charge in [-0.1, -0.05) is 0 Å². The van der Waals surface area contributed by atoms with E-state index in [1.54, 1.807) is 0 Å². The van der Waals surface area contributed by atoms with Crippen LogP contribution in [0.5, 0.6) is 0 Å². The quantitative estimate of drug-likeness (QED) is 0.840. The zero-order chi connectivity index (χ0) is 13.0. The lowest BCUT2D eigenvalue weighted by Gasteiger charge is -2.01. The Morgan fingerprint density at radius 3 is 2.72 bits per heavy atom. The first-order valence-electron chi connectivity index (χ1n) is 5.49. The minimum Gasteiger partial charge on any atom is -0.464 e. The maximum Gasteiger partial charge on any atom is 0.136 e. The Morgan fingerprint density at radius 2 is 1.94 bits per heavy atom. The van der Waals surface area contributed by atoms with Crippen molar-refractivity contribution in [3.8, 4) is 0 Å². The summed E-state index contributed by atoms with van der Waals surface area (Å²) in [6.45, 7) is 0.652. The molecule has 0 saturated carbocycles. The van der Waals surface area contributed by atoms with Crippen molar-refractivity contribution in [2.75, 3.05) is 7.05 Å². The van der Waals surface area contributed by atoms with E-state index in [1.807, 2.05) is 19.2 Å². The van der Waals surface area contributed by atoms with Gasteiger partial charge in [-0.15, -0.1) is 11.8 Å². The molecule has 0 spiro atoms. The molecule has 0 unspecified atom stereocenters. The third kappa shape index (κ3) is 3.34. The second-order valence-electron chi connectivity index (χ2n) is 3.76. The molecule has 1 heterocycles. The van der Waals surface area contributed by atoms with Gasteiger partial charge < -0.3 is 9.73 Å². The number of furan rings is 1. The molecule has 0 saturated heterocycles. The fourth-order valence-corrected chi connectivity index (χ4v) is 2.36. The Morgan fingerprint density at radius 1 is 1.17 bits per heavy atom. The predicted molar refractivity (Wildman–Crippen MR) is 67.4 cm³/mol. The molecular formula is C13H13F2NOS. The monoisotopic (exact) mass is 269 g/mol. The summed E-state index contributed by atoms with van der Waals surface area (Å²) in [5.41, 5.74) is 0. The molecule has 0 fully saturated rings. The minimum atomic E-state index is -0.436. The van der Waals surface area contributed by atoms with Gasteiger partial charge in [0.15, 0.2) is 0 Å². The average molecular weight is 269 g/mol. The van der Waals surface area contributed by atoms with Crippen LogP contribution in [-0.2, 0) is 12.3 Å². The number of thioether (sulfide) groups is 1. The van der Waals surface area contributed by atoms with E-state index in [0.29, 0.717) is 17.2 Å². The van der Waals surface area contributed by atoms with Crippen molar-refractivity contribution in [3.05, 3.63) is 53.5 Å². The SMILES string of the molecule is CNCc1ccc(CSc2cc(F)ccc2F)o1. The average Bonchev–Trinajstić information content (AvgIpc) is 2.79. The number of nitrogens with one attached hydrogen (secondary N) is 1. The summed E-state index contributed by atoms with van der Waals surface area (Å²) in [6.07, 6.45) is 0. The van der Waals surface area contributed by atoms with Crippen molar-refractivity contribution in [2.24, 2.45) is 0 Å². The topological polar surface area (TPSA) is 25.2 Å². The molecular weight excluding hydrogens is 256 g/mol. The van der Waals surface area contributed by atoms with Crippen molar-refractivity contribution < 1.29 is 13.2 Å². The van der Waals surface area contributed by atoms with E-state index in [2.05, 4.69) is 5.32 Å². The number of benzene rings is 1. The summed E-state index contributed by atoms with van der Waals surface area (Å²) in [4.78, 5) is 0.293. The van der Waals surface area contributed by atoms with Crippen LogP contribution in [0.3, 0.4) is 0 Å². The second-order valence-corrected chi connectivity index (χ2v) is 4.78. The molecule has 5 heteroatoms. The van der Waals surface area contributed by atoms with Gasteiger partial charge in [-0.05, 0) is 37.4 Å². The summed E-state index contributed by atoms with van der Waals surface area (Å²) < 4.78 is 31.9. The normalized spacial score (nSPS) is 10.8. The molecule has 0 aliphatic heterocycles. The molecule has 18 heavy (non-hydrogen) atoms. The molecule has 2 aromatic rings. The largest absolute Gasteiger partial charge is 0.464 e. The molecule has 1 aromatic heterocycles. The van der Waals surface area contributed by atoms with Crippen LogP contribution in [-0.4, -0.2) is 7.05 Å². The van der Waals surface area contributed by atoms with Gasteiger partial charge >= 0.3 is 0 Å². The molecule has 1 aromatic carbocycles. The molecule has 0 amide bonds. The molecule has 1 N–H and O–H groups in total. The first-order valence-corrected chi connectivity index (χ1v) is 6.47. The molecule has 0 atom stereocenters. The Kier molecular flexibility index (Phi) is 4.38. The van der Waals surface area contributed by atoms with Gasteiger partial charge in [0.1, 0.15) is 23.2 Å². The molecule has 0 aliphatic rings. The first-order chi connectivity index (χ1) is 8.69. The smallest absolute Gasteiger partial charge is 0.136 e. The van der Waals surface area contributed by atoms with Crippen molar-refractivity contribution >= 4 is 11.8 Å². The maximum atomic E-state index is 13.4. The maximum absolute atomic E-state index is 13.4. The van der Waals surface area contributed by atoms with Crippen LogP contribution in [0.4, 0.5) is 8.78 Å². The molecule has 96 valence electrons. The number of halogens is 2. The van der Waals surface area contributed by atoms with Gasteiger partial charge in [0.05, 0.1) is 12.3 Å². The Hall–Kier alpha value is -1.33. The Bertz CT molecular complexity index is 527. The highest BCUT2D eigenvalue weighted by Gasteiger charge is 2.07. The summed E-state index contributed by atoms with van der Waals surface area (Å²) in [6, 6.07) is 7.15. The third-order valence-corrected chi connectivity index (χ3v) is 3.38. The predicted octanol–water partition coefficient (Wildman–Crippen LogP) is 3.57. The van der Waals surface area contributed by atoms with Crippen molar-refractivity contribution in [2.45, 2.75) is 17.2 Å². The molecule has 2 rings (SSSR count). The zero-order valence-corrected chi connectivity index (χ0v) is 10.7. The summed E-state index contributed by atoms with van der Waals surface area (Å²) in [7, 11) is 1.83. The van der Waals surface area contributed by atoms with Crippen LogP contribution in [0, 0.1) is 11.6 Å². The number of rotatable bonds is 5. The summed E-state index contributed by atoms with van der Waals surface area (Å²) >= 11 is 1.22. The lowest BCUT2D eigenvalue weighted by atomic mass is 10.3. The van der Waals surface area contributed by atoms with Gasteiger partial charge in [0, 0.05) is 4.90 Å². The van der Waals surface area contributed by atoms with E-state index in [4.69, 9.17) is 4.42 Å². The standard InChI is InChI=1S/C13H13F2NOS/c1-16-7-10-3-4-11(17-10)8-18-13-6-9(14)2-5-12(13)15/h2-6,16H,7-8H2,1H3. The fraction of sp³-hybridized carbons (Fsp3) is 0.231. The highest BCUT2D eigenvalue weighted by Crippen LogP contribution is 2.26. The van der Waals surface area contributed by atoms with E-state index in [1.165, 1.54) is 17.8 Å². The lowest BCUT2D eigenvalue weighted by molar-refractivity contribution is 0.468. The molecule has 0 radical (unpaired) electrons. The van der Waals surface area contributed by atoms with E-state index in [9.17, 15) is 8.78 Å². The Labute approximate surface area is 108 Å². The Balaban J connectivity index is 1.99. The minimum absolute atomic E-state index is 0.293. The molecule has 0 aliphatic carbocycles. The van der Waals surface area contributed by atoms with E-state index in [-0.39, 0.29) is 0 Å².